The van der Waals surface area contributed by atoms with Gasteiger partial charge in [-0.3, -0.25) is 9.36 Å². The Balaban J connectivity index is 2.59. The Morgan fingerprint density at radius 1 is 1.28 bits per heavy atom. The molecule has 0 aliphatic rings. The molecule has 0 aliphatic carbocycles. The minimum atomic E-state index is -0.295. The van der Waals surface area contributed by atoms with Gasteiger partial charge < -0.3 is 14.8 Å². The van der Waals surface area contributed by atoms with E-state index >= 15 is 0 Å². The summed E-state index contributed by atoms with van der Waals surface area (Å²) in [5.41, 5.74) is 0.0963. The standard InChI is InChI=1S/C12H22N4O2/c1-14(2)7-5-6-13-8-10-9-15(3)12(18)16(4)11(10)17/h9,13H,5-8H2,1-4H3. The normalized spacial score (nSPS) is 11.2. The zero-order chi connectivity index (χ0) is 13.7. The largest absolute Gasteiger partial charge is 0.330 e. The van der Waals surface area contributed by atoms with Crippen molar-refractivity contribution < 1.29 is 0 Å². The average Bonchev–Trinajstić information content (AvgIpc) is 2.32. The van der Waals surface area contributed by atoms with Gasteiger partial charge in [0.1, 0.15) is 0 Å². The van der Waals surface area contributed by atoms with Crippen molar-refractivity contribution in [2.24, 2.45) is 14.1 Å². The molecule has 0 bridgehead atoms. The summed E-state index contributed by atoms with van der Waals surface area (Å²) in [5.74, 6) is 0. The molecule has 1 heterocycles. The van der Waals surface area contributed by atoms with Crippen LogP contribution >= 0.6 is 0 Å². The van der Waals surface area contributed by atoms with E-state index in [0.717, 1.165) is 24.1 Å². The molecule has 18 heavy (non-hydrogen) atoms. The summed E-state index contributed by atoms with van der Waals surface area (Å²) in [4.78, 5) is 25.4. The fraction of sp³-hybridized carbons (Fsp3) is 0.667. The van der Waals surface area contributed by atoms with Gasteiger partial charge in [0.2, 0.25) is 0 Å². The fourth-order valence-corrected chi connectivity index (χ4v) is 1.75. The second kappa shape index (κ2) is 6.51. The molecule has 102 valence electrons. The SMILES string of the molecule is CN(C)CCCNCc1cn(C)c(=O)n(C)c1=O. The quantitative estimate of drug-likeness (QED) is 0.670. The van der Waals surface area contributed by atoms with E-state index in [1.807, 2.05) is 14.1 Å². The lowest BCUT2D eigenvalue weighted by molar-refractivity contribution is 0.394. The summed E-state index contributed by atoms with van der Waals surface area (Å²) < 4.78 is 2.56. The first-order valence-electron chi connectivity index (χ1n) is 6.04. The molecule has 1 N–H and O–H groups in total. The van der Waals surface area contributed by atoms with E-state index in [1.54, 1.807) is 13.2 Å². The first kappa shape index (κ1) is 14.7. The van der Waals surface area contributed by atoms with Gasteiger partial charge in [0.15, 0.2) is 0 Å². The Labute approximate surface area is 107 Å². The Morgan fingerprint density at radius 2 is 1.94 bits per heavy atom. The van der Waals surface area contributed by atoms with E-state index in [0.29, 0.717) is 12.1 Å². The number of rotatable bonds is 6. The van der Waals surface area contributed by atoms with Crippen molar-refractivity contribution in [3.63, 3.8) is 0 Å². The van der Waals surface area contributed by atoms with Gasteiger partial charge >= 0.3 is 5.69 Å². The molecule has 0 atom stereocenters. The highest BCUT2D eigenvalue weighted by Gasteiger charge is 2.05. The van der Waals surface area contributed by atoms with E-state index in [2.05, 4.69) is 10.2 Å². The lowest BCUT2D eigenvalue weighted by Crippen LogP contribution is -2.39. The molecule has 0 amide bonds. The number of nitrogens with one attached hydrogen (secondary N) is 1. The summed E-state index contributed by atoms with van der Waals surface area (Å²) in [5, 5.41) is 3.22. The van der Waals surface area contributed by atoms with Gasteiger partial charge in [0.25, 0.3) is 5.56 Å². The molecule has 0 spiro atoms. The van der Waals surface area contributed by atoms with Crippen LogP contribution in [0.25, 0.3) is 0 Å². The maximum atomic E-state index is 11.8. The maximum Gasteiger partial charge on any atom is 0.330 e. The minimum absolute atomic E-state index is 0.224. The Bertz CT molecular complexity index is 502. The molecular weight excluding hydrogens is 232 g/mol. The van der Waals surface area contributed by atoms with E-state index in [4.69, 9.17) is 0 Å². The predicted octanol–water partition coefficient (Wildman–Crippen LogP) is -0.875. The third-order valence-corrected chi connectivity index (χ3v) is 2.79. The van der Waals surface area contributed by atoms with Crippen LogP contribution in [0, 0.1) is 0 Å². The Morgan fingerprint density at radius 3 is 2.56 bits per heavy atom. The van der Waals surface area contributed by atoms with Crippen molar-refractivity contribution in [1.82, 2.24) is 19.4 Å². The van der Waals surface area contributed by atoms with Crippen LogP contribution in [0.4, 0.5) is 0 Å². The van der Waals surface area contributed by atoms with Crippen LogP contribution < -0.4 is 16.6 Å². The second-order valence-electron chi connectivity index (χ2n) is 4.75. The van der Waals surface area contributed by atoms with Crippen LogP contribution in [0.5, 0.6) is 0 Å². The van der Waals surface area contributed by atoms with E-state index in [1.165, 1.54) is 11.6 Å². The first-order valence-corrected chi connectivity index (χ1v) is 6.04. The molecule has 1 aromatic rings. The lowest BCUT2D eigenvalue weighted by atomic mass is 10.3. The van der Waals surface area contributed by atoms with Crippen LogP contribution in [-0.2, 0) is 20.6 Å². The summed E-state index contributed by atoms with van der Waals surface area (Å²) in [6.07, 6.45) is 2.63. The highest BCUT2D eigenvalue weighted by molar-refractivity contribution is 5.05. The number of hydrogen-bond donors (Lipinski definition) is 1. The zero-order valence-electron chi connectivity index (χ0n) is 11.6. The number of hydrogen-bond acceptors (Lipinski definition) is 4. The van der Waals surface area contributed by atoms with Crippen molar-refractivity contribution in [3.05, 3.63) is 32.6 Å². The van der Waals surface area contributed by atoms with Gasteiger partial charge in [0, 0.05) is 32.4 Å². The molecule has 1 aromatic heterocycles. The van der Waals surface area contributed by atoms with Crippen molar-refractivity contribution in [2.75, 3.05) is 27.2 Å². The predicted molar refractivity (Wildman–Crippen MR) is 71.8 cm³/mol. The molecule has 0 radical (unpaired) electrons. The van der Waals surface area contributed by atoms with Crippen LogP contribution in [0.1, 0.15) is 12.0 Å². The third-order valence-electron chi connectivity index (χ3n) is 2.79. The highest BCUT2D eigenvalue weighted by Crippen LogP contribution is 1.88. The van der Waals surface area contributed by atoms with Gasteiger partial charge in [0.05, 0.1) is 0 Å². The maximum absolute atomic E-state index is 11.8. The average molecular weight is 254 g/mol. The van der Waals surface area contributed by atoms with E-state index in [9.17, 15) is 9.59 Å². The molecule has 6 heteroatoms. The van der Waals surface area contributed by atoms with Gasteiger partial charge in [-0.25, -0.2) is 4.79 Å². The number of nitrogens with zero attached hydrogens (tertiary/aromatic N) is 3. The fourth-order valence-electron chi connectivity index (χ4n) is 1.75. The van der Waals surface area contributed by atoms with Crippen LogP contribution in [0.3, 0.4) is 0 Å². The topological polar surface area (TPSA) is 59.3 Å². The van der Waals surface area contributed by atoms with E-state index < -0.39 is 0 Å². The van der Waals surface area contributed by atoms with Crippen molar-refractivity contribution in [2.45, 2.75) is 13.0 Å². The molecule has 0 aliphatic heterocycles. The number of aryl methyl sites for hydroxylation is 1. The second-order valence-corrected chi connectivity index (χ2v) is 4.75. The molecular formula is C12H22N4O2. The molecule has 0 aromatic carbocycles. The molecule has 0 saturated carbocycles. The number of aromatic nitrogens is 2. The summed E-state index contributed by atoms with van der Waals surface area (Å²) >= 11 is 0. The van der Waals surface area contributed by atoms with E-state index in [-0.39, 0.29) is 11.2 Å². The summed E-state index contributed by atoms with van der Waals surface area (Å²) in [7, 11) is 7.21. The zero-order valence-corrected chi connectivity index (χ0v) is 11.6. The van der Waals surface area contributed by atoms with Crippen molar-refractivity contribution >= 4 is 0 Å². The monoisotopic (exact) mass is 254 g/mol. The van der Waals surface area contributed by atoms with Crippen LogP contribution in [0.15, 0.2) is 15.8 Å². The van der Waals surface area contributed by atoms with Gasteiger partial charge in [-0.1, -0.05) is 0 Å². The molecule has 1 rings (SSSR count). The molecule has 6 nitrogen and oxygen atoms in total. The van der Waals surface area contributed by atoms with Gasteiger partial charge in [-0.2, -0.15) is 0 Å². The van der Waals surface area contributed by atoms with Gasteiger partial charge in [-0.05, 0) is 33.6 Å². The smallest absolute Gasteiger partial charge is 0.312 e. The molecule has 0 saturated heterocycles. The Hall–Kier alpha value is -1.40. The van der Waals surface area contributed by atoms with Crippen molar-refractivity contribution in [3.8, 4) is 0 Å². The first-order chi connectivity index (χ1) is 8.43. The van der Waals surface area contributed by atoms with Crippen LogP contribution in [-0.4, -0.2) is 41.2 Å². The minimum Gasteiger partial charge on any atom is -0.312 e. The highest BCUT2D eigenvalue weighted by atomic mass is 16.2. The Kier molecular flexibility index (Phi) is 5.30. The summed E-state index contributed by atoms with van der Waals surface area (Å²) in [6.45, 7) is 2.36. The van der Waals surface area contributed by atoms with Gasteiger partial charge in [-0.15, -0.1) is 0 Å². The third kappa shape index (κ3) is 3.82. The molecule has 0 fully saturated rings. The van der Waals surface area contributed by atoms with Crippen LogP contribution in [0.2, 0.25) is 0 Å². The summed E-state index contributed by atoms with van der Waals surface area (Å²) in [6, 6.07) is 0. The lowest BCUT2D eigenvalue weighted by Gasteiger charge is -2.10. The van der Waals surface area contributed by atoms with Crippen molar-refractivity contribution in [1.29, 1.82) is 0 Å². The molecule has 0 unspecified atom stereocenters.